The Hall–Kier alpha value is -2.82. The van der Waals surface area contributed by atoms with Crippen LogP contribution in [0.2, 0.25) is 0 Å². The quantitative estimate of drug-likeness (QED) is 0.761. The molecular formula is C23H25NO4. The predicted octanol–water partition coefficient (Wildman–Crippen LogP) is 3.81. The molecule has 0 unspecified atom stereocenters. The molecule has 0 N–H and O–H groups in total. The smallest absolute Gasteiger partial charge is 0.253 e. The van der Waals surface area contributed by atoms with E-state index in [-0.39, 0.29) is 17.6 Å². The van der Waals surface area contributed by atoms with Crippen molar-refractivity contribution < 1.29 is 19.1 Å². The minimum Gasteiger partial charge on any atom is -0.486 e. The second-order valence-electron chi connectivity index (χ2n) is 7.59. The van der Waals surface area contributed by atoms with Crippen LogP contribution in [0.1, 0.15) is 44.7 Å². The lowest BCUT2D eigenvalue weighted by atomic mass is 9.88. The van der Waals surface area contributed by atoms with E-state index in [9.17, 15) is 9.59 Å². The molecule has 0 bridgehead atoms. The van der Waals surface area contributed by atoms with Gasteiger partial charge in [-0.15, -0.1) is 0 Å². The highest BCUT2D eigenvalue weighted by Gasteiger charge is 2.29. The minimum absolute atomic E-state index is 0.0494. The summed E-state index contributed by atoms with van der Waals surface area (Å²) in [6, 6.07) is 11.2. The van der Waals surface area contributed by atoms with Gasteiger partial charge in [-0.1, -0.05) is 6.07 Å². The van der Waals surface area contributed by atoms with Crippen molar-refractivity contribution in [3.63, 3.8) is 0 Å². The van der Waals surface area contributed by atoms with Gasteiger partial charge in [0.1, 0.15) is 13.2 Å². The molecule has 0 spiro atoms. The van der Waals surface area contributed by atoms with E-state index >= 15 is 0 Å². The van der Waals surface area contributed by atoms with Gasteiger partial charge >= 0.3 is 0 Å². The summed E-state index contributed by atoms with van der Waals surface area (Å²) in [6.07, 6.45) is 1.37. The van der Waals surface area contributed by atoms with Gasteiger partial charge in [0.25, 0.3) is 5.91 Å². The molecule has 0 saturated carbocycles. The molecule has 2 aliphatic heterocycles. The van der Waals surface area contributed by atoms with E-state index in [2.05, 4.69) is 0 Å². The molecule has 5 heteroatoms. The maximum absolute atomic E-state index is 12.9. The van der Waals surface area contributed by atoms with Gasteiger partial charge in [0.05, 0.1) is 0 Å². The second kappa shape index (κ2) is 7.66. The van der Waals surface area contributed by atoms with Crippen LogP contribution in [0.25, 0.3) is 0 Å². The molecule has 1 amide bonds. The van der Waals surface area contributed by atoms with Crippen molar-refractivity contribution in [3.05, 3.63) is 58.7 Å². The van der Waals surface area contributed by atoms with Crippen LogP contribution in [-0.2, 0) is 0 Å². The average Bonchev–Trinajstić information content (AvgIpc) is 2.74. The fourth-order valence-corrected chi connectivity index (χ4v) is 3.83. The number of carbonyl (C=O) groups excluding carboxylic acids is 2. The summed E-state index contributed by atoms with van der Waals surface area (Å²) in [6.45, 7) is 6.30. The summed E-state index contributed by atoms with van der Waals surface area (Å²) >= 11 is 0. The zero-order chi connectivity index (χ0) is 19.7. The first-order valence-electron chi connectivity index (χ1n) is 9.83. The lowest BCUT2D eigenvalue weighted by Gasteiger charge is -2.31. The third-order valence-corrected chi connectivity index (χ3v) is 5.73. The zero-order valence-corrected chi connectivity index (χ0v) is 16.4. The molecule has 2 aromatic rings. The Morgan fingerprint density at radius 2 is 1.54 bits per heavy atom. The number of likely N-dealkylation sites (tertiary alicyclic amines) is 1. The fraction of sp³-hybridized carbons (Fsp3) is 0.391. The van der Waals surface area contributed by atoms with Gasteiger partial charge in [0.15, 0.2) is 17.3 Å². The molecule has 2 aliphatic rings. The highest BCUT2D eigenvalue weighted by molar-refractivity contribution is 5.99. The summed E-state index contributed by atoms with van der Waals surface area (Å²) in [5, 5.41) is 0. The van der Waals surface area contributed by atoms with Crippen LogP contribution in [0, 0.1) is 19.8 Å². The Bertz CT molecular complexity index is 913. The first-order chi connectivity index (χ1) is 13.5. The van der Waals surface area contributed by atoms with Crippen molar-refractivity contribution in [1.82, 2.24) is 4.90 Å². The maximum atomic E-state index is 12.9. The van der Waals surface area contributed by atoms with E-state index in [0.717, 1.165) is 11.1 Å². The number of piperidine rings is 1. The highest BCUT2D eigenvalue weighted by Crippen LogP contribution is 2.32. The molecule has 146 valence electrons. The molecule has 0 aliphatic carbocycles. The number of amides is 1. The molecule has 0 aromatic heterocycles. The third kappa shape index (κ3) is 3.61. The predicted molar refractivity (Wildman–Crippen MR) is 106 cm³/mol. The molecular weight excluding hydrogens is 354 g/mol. The number of fused-ring (bicyclic) bond motifs is 1. The monoisotopic (exact) mass is 379 g/mol. The van der Waals surface area contributed by atoms with E-state index in [4.69, 9.17) is 9.47 Å². The van der Waals surface area contributed by atoms with Gasteiger partial charge in [0, 0.05) is 30.1 Å². The average molecular weight is 379 g/mol. The third-order valence-electron chi connectivity index (χ3n) is 5.73. The van der Waals surface area contributed by atoms with Gasteiger partial charge in [-0.3, -0.25) is 9.59 Å². The van der Waals surface area contributed by atoms with Gasteiger partial charge < -0.3 is 14.4 Å². The Morgan fingerprint density at radius 3 is 2.25 bits per heavy atom. The van der Waals surface area contributed by atoms with E-state index in [0.29, 0.717) is 56.2 Å². The molecule has 0 atom stereocenters. The topological polar surface area (TPSA) is 55.8 Å². The molecule has 5 nitrogen and oxygen atoms in total. The number of rotatable bonds is 3. The number of hydrogen-bond acceptors (Lipinski definition) is 4. The molecule has 1 fully saturated rings. The number of nitrogens with zero attached hydrogens (tertiary/aromatic N) is 1. The standard InChI is InChI=1S/C23H25NO4/c1-15-3-4-19(13-16(15)2)23(26)24-9-7-17(8-10-24)22(25)18-5-6-20-21(14-18)28-12-11-27-20/h3-6,13-14,17H,7-12H2,1-2H3. The Kier molecular flexibility index (Phi) is 5.07. The zero-order valence-electron chi connectivity index (χ0n) is 16.4. The van der Waals surface area contributed by atoms with Crippen molar-refractivity contribution in [2.45, 2.75) is 26.7 Å². The highest BCUT2D eigenvalue weighted by atomic mass is 16.6. The summed E-state index contributed by atoms with van der Waals surface area (Å²) in [5.41, 5.74) is 3.68. The summed E-state index contributed by atoms with van der Waals surface area (Å²) in [5.74, 6) is 1.44. The largest absolute Gasteiger partial charge is 0.486 e. The number of carbonyl (C=O) groups is 2. The van der Waals surface area contributed by atoms with Crippen LogP contribution < -0.4 is 9.47 Å². The minimum atomic E-state index is -0.0636. The number of ether oxygens (including phenoxy) is 2. The molecule has 28 heavy (non-hydrogen) atoms. The first kappa shape index (κ1) is 18.5. The molecule has 4 rings (SSSR count). The van der Waals surface area contributed by atoms with Crippen LogP contribution >= 0.6 is 0 Å². The summed E-state index contributed by atoms with van der Waals surface area (Å²) < 4.78 is 11.1. The molecule has 2 aromatic carbocycles. The van der Waals surface area contributed by atoms with E-state index in [1.165, 1.54) is 5.56 Å². The lowest BCUT2D eigenvalue weighted by molar-refractivity contribution is 0.0650. The Balaban J connectivity index is 1.40. The van der Waals surface area contributed by atoms with Gasteiger partial charge in [-0.05, 0) is 68.1 Å². The number of Topliss-reactive ketones (excluding diaryl/α,β-unsaturated/α-hetero) is 1. The van der Waals surface area contributed by atoms with Gasteiger partial charge in [0.2, 0.25) is 0 Å². The van der Waals surface area contributed by atoms with Crippen LogP contribution in [0.15, 0.2) is 36.4 Å². The normalized spacial score (nSPS) is 16.7. The van der Waals surface area contributed by atoms with Crippen molar-refractivity contribution in [1.29, 1.82) is 0 Å². The van der Waals surface area contributed by atoms with Crippen LogP contribution in [0.3, 0.4) is 0 Å². The number of hydrogen-bond donors (Lipinski definition) is 0. The van der Waals surface area contributed by atoms with Crippen molar-refractivity contribution in [2.24, 2.45) is 5.92 Å². The van der Waals surface area contributed by atoms with Gasteiger partial charge in [-0.25, -0.2) is 0 Å². The molecule has 1 saturated heterocycles. The summed E-state index contributed by atoms with van der Waals surface area (Å²) in [4.78, 5) is 27.6. The van der Waals surface area contributed by atoms with Crippen molar-refractivity contribution in [3.8, 4) is 11.5 Å². The SMILES string of the molecule is Cc1ccc(C(=O)N2CCC(C(=O)c3ccc4c(c3)OCCO4)CC2)cc1C. The lowest BCUT2D eigenvalue weighted by Crippen LogP contribution is -2.40. The Morgan fingerprint density at radius 1 is 0.857 bits per heavy atom. The molecule has 2 heterocycles. The maximum Gasteiger partial charge on any atom is 0.253 e. The van der Waals surface area contributed by atoms with Gasteiger partial charge in [-0.2, -0.15) is 0 Å². The summed E-state index contributed by atoms with van der Waals surface area (Å²) in [7, 11) is 0. The van der Waals surface area contributed by atoms with Crippen LogP contribution in [0.4, 0.5) is 0 Å². The van der Waals surface area contributed by atoms with Crippen LogP contribution in [-0.4, -0.2) is 42.9 Å². The van der Waals surface area contributed by atoms with Crippen molar-refractivity contribution in [2.75, 3.05) is 26.3 Å². The van der Waals surface area contributed by atoms with E-state index in [1.807, 2.05) is 43.0 Å². The Labute approximate surface area is 165 Å². The van der Waals surface area contributed by atoms with E-state index in [1.54, 1.807) is 12.1 Å². The van der Waals surface area contributed by atoms with Crippen LogP contribution in [0.5, 0.6) is 11.5 Å². The second-order valence-corrected chi connectivity index (χ2v) is 7.59. The van der Waals surface area contributed by atoms with Crippen molar-refractivity contribution >= 4 is 11.7 Å². The number of benzene rings is 2. The number of ketones is 1. The first-order valence-corrected chi connectivity index (χ1v) is 9.83. The molecule has 0 radical (unpaired) electrons. The van der Waals surface area contributed by atoms with E-state index < -0.39 is 0 Å². The number of aryl methyl sites for hydroxylation is 2. The fourth-order valence-electron chi connectivity index (χ4n) is 3.83.